The molecule has 1 fully saturated rings. The third kappa shape index (κ3) is 3.34. The third-order valence-corrected chi connectivity index (χ3v) is 5.03. The minimum Gasteiger partial charge on any atom is -0.382 e. The average molecular weight is 360 g/mol. The van der Waals surface area contributed by atoms with Crippen molar-refractivity contribution in [1.29, 1.82) is 5.26 Å². The second-order valence-electron chi connectivity index (χ2n) is 6.87. The van der Waals surface area contributed by atoms with Gasteiger partial charge in [0.25, 0.3) is 5.91 Å². The molecule has 3 heterocycles. The molecule has 0 spiro atoms. The molecule has 3 N–H and O–H groups in total. The van der Waals surface area contributed by atoms with Crippen molar-refractivity contribution < 1.29 is 4.79 Å². The summed E-state index contributed by atoms with van der Waals surface area (Å²) in [4.78, 5) is 16.3. The average Bonchev–Trinajstić information content (AvgIpc) is 3.11. The molecule has 0 atom stereocenters. The van der Waals surface area contributed by atoms with Crippen LogP contribution in [0, 0.1) is 11.3 Å². The molecule has 0 aliphatic heterocycles. The quantitative estimate of drug-likeness (QED) is 0.743. The number of carbonyl (C=O) groups is 1. The lowest BCUT2D eigenvalue weighted by Crippen LogP contribution is -2.24. The zero-order valence-corrected chi connectivity index (χ0v) is 14.9. The summed E-state index contributed by atoms with van der Waals surface area (Å²) in [5.41, 5.74) is 9.44. The molecule has 4 rings (SSSR count). The highest BCUT2D eigenvalue weighted by Gasteiger charge is 2.18. The van der Waals surface area contributed by atoms with Gasteiger partial charge in [-0.2, -0.15) is 10.4 Å². The van der Waals surface area contributed by atoms with E-state index in [4.69, 9.17) is 11.0 Å². The molecule has 0 radical (unpaired) electrons. The van der Waals surface area contributed by atoms with E-state index in [-0.39, 0.29) is 0 Å². The van der Waals surface area contributed by atoms with Crippen LogP contribution in [-0.4, -0.2) is 26.5 Å². The number of fused-ring (bicyclic) bond motifs is 1. The van der Waals surface area contributed by atoms with Gasteiger partial charge >= 0.3 is 0 Å². The number of pyridine rings is 1. The fourth-order valence-corrected chi connectivity index (χ4v) is 3.63. The Morgan fingerprint density at radius 1 is 1.22 bits per heavy atom. The third-order valence-electron chi connectivity index (χ3n) is 5.03. The highest BCUT2D eigenvalue weighted by Crippen LogP contribution is 2.28. The van der Waals surface area contributed by atoms with E-state index < -0.39 is 5.91 Å². The summed E-state index contributed by atoms with van der Waals surface area (Å²) in [7, 11) is 0. The largest absolute Gasteiger partial charge is 0.382 e. The van der Waals surface area contributed by atoms with E-state index >= 15 is 0 Å². The number of amides is 1. The number of aromatic nitrogens is 3. The van der Waals surface area contributed by atoms with E-state index in [0.29, 0.717) is 28.6 Å². The summed E-state index contributed by atoms with van der Waals surface area (Å²) in [6.45, 7) is 0. The Morgan fingerprint density at radius 2 is 2.04 bits per heavy atom. The predicted molar refractivity (Wildman–Crippen MR) is 102 cm³/mol. The van der Waals surface area contributed by atoms with Gasteiger partial charge in [-0.1, -0.05) is 19.3 Å². The van der Waals surface area contributed by atoms with Crippen LogP contribution in [0.2, 0.25) is 0 Å². The first kappa shape index (κ1) is 17.0. The number of nitrogens with two attached hydrogens (primary N) is 1. The molecule has 3 aromatic heterocycles. The maximum absolute atomic E-state index is 11.8. The van der Waals surface area contributed by atoms with Crippen LogP contribution < -0.4 is 11.1 Å². The Labute approximate surface area is 156 Å². The molecule has 1 aliphatic carbocycles. The molecule has 1 aliphatic rings. The van der Waals surface area contributed by atoms with Gasteiger partial charge in [0.1, 0.15) is 6.07 Å². The number of rotatable bonds is 4. The Bertz CT molecular complexity index is 1040. The Kier molecular flexibility index (Phi) is 4.47. The molecule has 27 heavy (non-hydrogen) atoms. The molecular weight excluding hydrogens is 340 g/mol. The topological polar surface area (TPSA) is 109 Å². The summed E-state index contributed by atoms with van der Waals surface area (Å²) in [5.74, 6) is -0.496. The lowest BCUT2D eigenvalue weighted by molar-refractivity contribution is 0.100. The number of hydrogen-bond donors (Lipinski definition) is 2. The van der Waals surface area contributed by atoms with E-state index in [1.54, 1.807) is 10.6 Å². The van der Waals surface area contributed by atoms with Crippen molar-refractivity contribution in [2.75, 3.05) is 5.32 Å². The van der Waals surface area contributed by atoms with Gasteiger partial charge in [0.05, 0.1) is 39.9 Å². The van der Waals surface area contributed by atoms with Crippen LogP contribution >= 0.6 is 0 Å². The van der Waals surface area contributed by atoms with Crippen LogP contribution in [0.15, 0.2) is 36.7 Å². The van der Waals surface area contributed by atoms with E-state index in [9.17, 15) is 4.79 Å². The van der Waals surface area contributed by atoms with Crippen LogP contribution in [0.25, 0.3) is 16.9 Å². The summed E-state index contributed by atoms with van der Waals surface area (Å²) in [6, 6.07) is 9.85. The summed E-state index contributed by atoms with van der Waals surface area (Å²) in [6.07, 6.45) is 8.85. The molecule has 0 aromatic carbocycles. The van der Waals surface area contributed by atoms with Crippen molar-refractivity contribution in [3.8, 4) is 17.5 Å². The minimum atomic E-state index is -0.496. The van der Waals surface area contributed by atoms with Crippen LogP contribution in [0.5, 0.6) is 0 Å². The van der Waals surface area contributed by atoms with E-state index in [1.165, 1.54) is 31.7 Å². The maximum atomic E-state index is 11.8. The monoisotopic (exact) mass is 360 g/mol. The number of hydrogen-bond acceptors (Lipinski definition) is 5. The fourth-order valence-electron chi connectivity index (χ4n) is 3.63. The van der Waals surface area contributed by atoms with Gasteiger partial charge in [0, 0.05) is 12.2 Å². The maximum Gasteiger partial charge on any atom is 0.252 e. The van der Waals surface area contributed by atoms with E-state index in [2.05, 4.69) is 21.5 Å². The molecular formula is C20H20N6O. The second kappa shape index (κ2) is 7.08. The number of carbonyl (C=O) groups excluding carboxylic acids is 1. The smallest absolute Gasteiger partial charge is 0.252 e. The van der Waals surface area contributed by atoms with Crippen molar-refractivity contribution in [2.24, 2.45) is 5.73 Å². The highest BCUT2D eigenvalue weighted by molar-refractivity contribution is 5.98. The number of nitrogens with zero attached hydrogens (tertiary/aromatic N) is 4. The predicted octanol–water partition coefficient (Wildman–Crippen LogP) is 3.11. The van der Waals surface area contributed by atoms with Crippen molar-refractivity contribution in [3.05, 3.63) is 47.8 Å². The van der Waals surface area contributed by atoms with Gasteiger partial charge in [0.15, 0.2) is 0 Å². The standard InChI is InChI=1S/C20H20N6O/c21-10-13-8-15-6-7-19(26(15)24-11-13)18-9-17(16(12-23-18)20(22)27)25-14-4-2-1-3-5-14/h6-9,11-12,14H,1-5H2,(H2,22,27)(H,23,25). The van der Waals surface area contributed by atoms with E-state index in [0.717, 1.165) is 24.1 Å². The van der Waals surface area contributed by atoms with Gasteiger partial charge in [-0.15, -0.1) is 0 Å². The normalized spacial score (nSPS) is 14.8. The lowest BCUT2D eigenvalue weighted by Gasteiger charge is -2.25. The number of nitrogens with one attached hydrogen (secondary N) is 1. The number of anilines is 1. The first-order valence-corrected chi connectivity index (χ1v) is 9.10. The first-order valence-electron chi connectivity index (χ1n) is 9.10. The van der Waals surface area contributed by atoms with Gasteiger partial charge < -0.3 is 11.1 Å². The summed E-state index contributed by atoms with van der Waals surface area (Å²) >= 11 is 0. The molecule has 7 heteroatoms. The SMILES string of the molecule is N#Cc1cnn2c(-c3cc(NC4CCCCC4)c(C(N)=O)cn3)ccc2c1. The molecule has 1 saturated carbocycles. The van der Waals surface area contributed by atoms with Crippen molar-refractivity contribution in [3.63, 3.8) is 0 Å². The first-order chi connectivity index (χ1) is 13.2. The molecule has 0 bridgehead atoms. The van der Waals surface area contributed by atoms with Gasteiger partial charge in [-0.05, 0) is 37.1 Å². The number of primary amides is 1. The van der Waals surface area contributed by atoms with Gasteiger partial charge in [-0.3, -0.25) is 9.78 Å². The summed E-state index contributed by atoms with van der Waals surface area (Å²) in [5, 5.41) is 16.9. The molecule has 7 nitrogen and oxygen atoms in total. The zero-order valence-electron chi connectivity index (χ0n) is 14.9. The Morgan fingerprint density at radius 3 is 2.78 bits per heavy atom. The van der Waals surface area contributed by atoms with Crippen LogP contribution in [0.1, 0.15) is 48.0 Å². The lowest BCUT2D eigenvalue weighted by atomic mass is 9.95. The van der Waals surface area contributed by atoms with Crippen molar-refractivity contribution >= 4 is 17.1 Å². The Hall–Kier alpha value is -3.40. The fraction of sp³-hybridized carbons (Fsp3) is 0.300. The molecule has 1 amide bonds. The van der Waals surface area contributed by atoms with Gasteiger partial charge in [-0.25, -0.2) is 4.52 Å². The number of nitriles is 1. The summed E-state index contributed by atoms with van der Waals surface area (Å²) < 4.78 is 1.73. The van der Waals surface area contributed by atoms with Crippen LogP contribution in [-0.2, 0) is 0 Å². The second-order valence-corrected chi connectivity index (χ2v) is 6.87. The molecule has 0 unspecified atom stereocenters. The Balaban J connectivity index is 1.74. The van der Waals surface area contributed by atoms with Gasteiger partial charge in [0.2, 0.25) is 0 Å². The minimum absolute atomic E-state index is 0.340. The van der Waals surface area contributed by atoms with Crippen molar-refractivity contribution in [1.82, 2.24) is 14.6 Å². The highest BCUT2D eigenvalue weighted by atomic mass is 16.1. The molecule has 0 saturated heterocycles. The van der Waals surface area contributed by atoms with Crippen molar-refractivity contribution in [2.45, 2.75) is 38.1 Å². The molecule has 136 valence electrons. The zero-order chi connectivity index (χ0) is 18.8. The van der Waals surface area contributed by atoms with E-state index in [1.807, 2.05) is 18.2 Å². The van der Waals surface area contributed by atoms with Crippen LogP contribution in [0.4, 0.5) is 5.69 Å². The van der Waals surface area contributed by atoms with Crippen LogP contribution in [0.3, 0.4) is 0 Å². The molecule has 3 aromatic rings.